The summed E-state index contributed by atoms with van der Waals surface area (Å²) in [6.45, 7) is 3.72. The number of hydrogen-bond acceptors (Lipinski definition) is 4. The number of likely N-dealkylation sites (tertiary alicyclic amines) is 1. The van der Waals surface area contributed by atoms with Crippen LogP contribution in [0.5, 0.6) is 0 Å². The molecule has 0 saturated carbocycles. The Kier molecular flexibility index (Phi) is 5.90. The standard InChI is InChI=1S/C17H24N4S/c1-2-5-15(6-3-1)13-16-7-10-21(11-8-16)9-4-12-22-17-18-14-19-20-17/h1-3,5-6,14,16H,4,7-13H2,(H,18,19,20). The third-order valence-corrected chi connectivity index (χ3v) is 5.29. The topological polar surface area (TPSA) is 44.8 Å². The number of nitrogens with zero attached hydrogens (tertiary/aromatic N) is 3. The van der Waals surface area contributed by atoms with E-state index in [0.717, 1.165) is 16.8 Å². The van der Waals surface area contributed by atoms with E-state index in [9.17, 15) is 0 Å². The summed E-state index contributed by atoms with van der Waals surface area (Å²) in [4.78, 5) is 6.75. The van der Waals surface area contributed by atoms with Gasteiger partial charge in [0.25, 0.3) is 0 Å². The zero-order valence-corrected chi connectivity index (χ0v) is 13.8. The second-order valence-corrected chi connectivity index (χ2v) is 7.05. The number of aromatic nitrogens is 3. The lowest BCUT2D eigenvalue weighted by Crippen LogP contribution is -2.35. The molecule has 0 atom stereocenters. The fourth-order valence-electron chi connectivity index (χ4n) is 3.08. The van der Waals surface area contributed by atoms with E-state index in [0.29, 0.717) is 0 Å². The molecule has 0 unspecified atom stereocenters. The lowest BCUT2D eigenvalue weighted by Gasteiger charge is -2.32. The highest BCUT2D eigenvalue weighted by molar-refractivity contribution is 7.99. The number of thioether (sulfide) groups is 1. The van der Waals surface area contributed by atoms with Gasteiger partial charge in [0.05, 0.1) is 0 Å². The molecule has 4 nitrogen and oxygen atoms in total. The summed E-state index contributed by atoms with van der Waals surface area (Å²) >= 11 is 1.76. The SMILES string of the molecule is c1ccc(CC2CCN(CCCSc3ncn[nH]3)CC2)cc1. The molecule has 22 heavy (non-hydrogen) atoms. The molecular weight excluding hydrogens is 292 g/mol. The molecule has 1 fully saturated rings. The molecule has 1 N–H and O–H groups in total. The number of nitrogens with one attached hydrogen (secondary N) is 1. The van der Waals surface area contributed by atoms with E-state index in [1.807, 2.05) is 0 Å². The van der Waals surface area contributed by atoms with E-state index < -0.39 is 0 Å². The fraction of sp³-hybridized carbons (Fsp3) is 0.529. The van der Waals surface area contributed by atoms with E-state index >= 15 is 0 Å². The van der Waals surface area contributed by atoms with Crippen LogP contribution >= 0.6 is 11.8 Å². The molecule has 0 aliphatic carbocycles. The minimum atomic E-state index is 0.863. The molecule has 1 aliphatic heterocycles. The number of benzene rings is 1. The van der Waals surface area contributed by atoms with Crippen molar-refractivity contribution in [2.24, 2.45) is 5.92 Å². The molecule has 0 amide bonds. The first kappa shape index (κ1) is 15.6. The van der Waals surface area contributed by atoms with Gasteiger partial charge in [0.15, 0.2) is 5.16 Å². The molecule has 0 bridgehead atoms. The molecule has 118 valence electrons. The molecule has 1 aromatic carbocycles. The monoisotopic (exact) mass is 316 g/mol. The number of hydrogen-bond donors (Lipinski definition) is 1. The summed E-state index contributed by atoms with van der Waals surface area (Å²) in [5.41, 5.74) is 1.49. The van der Waals surface area contributed by atoms with Gasteiger partial charge < -0.3 is 4.90 Å². The normalized spacial score (nSPS) is 16.9. The van der Waals surface area contributed by atoms with Crippen LogP contribution in [0.1, 0.15) is 24.8 Å². The zero-order chi connectivity index (χ0) is 15.0. The van der Waals surface area contributed by atoms with Crippen LogP contribution in [-0.2, 0) is 6.42 Å². The minimum Gasteiger partial charge on any atom is -0.303 e. The van der Waals surface area contributed by atoms with Crippen LogP contribution in [0.3, 0.4) is 0 Å². The molecule has 3 rings (SSSR count). The van der Waals surface area contributed by atoms with Crippen LogP contribution in [-0.4, -0.2) is 45.5 Å². The summed E-state index contributed by atoms with van der Waals surface area (Å²) in [5.74, 6) is 1.97. The van der Waals surface area contributed by atoms with Gasteiger partial charge in [-0.15, -0.1) is 0 Å². The second-order valence-electron chi connectivity index (χ2n) is 5.97. The lowest BCUT2D eigenvalue weighted by molar-refractivity contribution is 0.185. The lowest BCUT2D eigenvalue weighted by atomic mass is 9.90. The zero-order valence-electron chi connectivity index (χ0n) is 12.9. The van der Waals surface area contributed by atoms with Crippen molar-refractivity contribution in [3.05, 3.63) is 42.2 Å². The smallest absolute Gasteiger partial charge is 0.183 e. The molecule has 2 aromatic rings. The number of aromatic amines is 1. The molecule has 5 heteroatoms. The average Bonchev–Trinajstić information content (AvgIpc) is 3.07. The summed E-state index contributed by atoms with van der Waals surface area (Å²) < 4.78 is 0. The quantitative estimate of drug-likeness (QED) is 0.629. The van der Waals surface area contributed by atoms with Crippen LogP contribution in [0.2, 0.25) is 0 Å². The Morgan fingerprint density at radius 3 is 2.73 bits per heavy atom. The van der Waals surface area contributed by atoms with Crippen molar-refractivity contribution < 1.29 is 0 Å². The summed E-state index contributed by atoms with van der Waals surface area (Å²) in [5, 5.41) is 7.69. The predicted octanol–water partition coefficient (Wildman–Crippen LogP) is 3.24. The number of rotatable bonds is 7. The molecule has 1 aliphatic rings. The Hall–Kier alpha value is -1.33. The second kappa shape index (κ2) is 8.34. The maximum atomic E-state index is 4.13. The number of piperidine rings is 1. The summed E-state index contributed by atoms with van der Waals surface area (Å²) in [6.07, 6.45) is 6.71. The van der Waals surface area contributed by atoms with Gasteiger partial charge in [-0.05, 0) is 56.8 Å². The van der Waals surface area contributed by atoms with Crippen molar-refractivity contribution in [2.75, 3.05) is 25.4 Å². The fourth-order valence-corrected chi connectivity index (χ4v) is 3.79. The highest BCUT2D eigenvalue weighted by atomic mass is 32.2. The van der Waals surface area contributed by atoms with Crippen molar-refractivity contribution >= 4 is 11.8 Å². The van der Waals surface area contributed by atoms with E-state index in [4.69, 9.17) is 0 Å². The van der Waals surface area contributed by atoms with Gasteiger partial charge in [-0.2, -0.15) is 5.10 Å². The molecule has 0 radical (unpaired) electrons. The summed E-state index contributed by atoms with van der Waals surface area (Å²) in [6, 6.07) is 10.9. The highest BCUT2D eigenvalue weighted by Crippen LogP contribution is 2.22. The molecular formula is C17H24N4S. The average molecular weight is 316 g/mol. The van der Waals surface area contributed by atoms with Crippen molar-refractivity contribution in [1.82, 2.24) is 20.1 Å². The molecule has 1 aromatic heterocycles. The maximum Gasteiger partial charge on any atom is 0.183 e. The first-order valence-corrected chi connectivity index (χ1v) is 9.13. The van der Waals surface area contributed by atoms with Crippen LogP contribution in [0.15, 0.2) is 41.8 Å². The van der Waals surface area contributed by atoms with E-state index in [1.165, 1.54) is 50.9 Å². The number of H-pyrrole nitrogens is 1. The van der Waals surface area contributed by atoms with Gasteiger partial charge >= 0.3 is 0 Å². The Morgan fingerprint density at radius 1 is 1.18 bits per heavy atom. The maximum absolute atomic E-state index is 4.13. The minimum absolute atomic E-state index is 0.863. The summed E-state index contributed by atoms with van der Waals surface area (Å²) in [7, 11) is 0. The molecule has 2 heterocycles. The van der Waals surface area contributed by atoms with E-state index in [-0.39, 0.29) is 0 Å². The van der Waals surface area contributed by atoms with Crippen molar-refractivity contribution in [2.45, 2.75) is 30.8 Å². The van der Waals surface area contributed by atoms with E-state index in [1.54, 1.807) is 18.1 Å². The van der Waals surface area contributed by atoms with Gasteiger partial charge in [0.2, 0.25) is 0 Å². The third-order valence-electron chi connectivity index (χ3n) is 4.32. The first-order valence-electron chi connectivity index (χ1n) is 8.14. The van der Waals surface area contributed by atoms with Crippen molar-refractivity contribution in [3.8, 4) is 0 Å². The van der Waals surface area contributed by atoms with E-state index in [2.05, 4.69) is 50.4 Å². The van der Waals surface area contributed by atoms with Gasteiger partial charge in [0, 0.05) is 5.75 Å². The Labute approximate surface area is 136 Å². The Bertz CT molecular complexity index is 521. The predicted molar refractivity (Wildman–Crippen MR) is 91.0 cm³/mol. The largest absolute Gasteiger partial charge is 0.303 e. The molecule has 0 spiro atoms. The van der Waals surface area contributed by atoms with Gasteiger partial charge in [0.1, 0.15) is 6.33 Å². The third kappa shape index (κ3) is 4.85. The van der Waals surface area contributed by atoms with Crippen LogP contribution in [0.25, 0.3) is 0 Å². The van der Waals surface area contributed by atoms with Gasteiger partial charge in [-0.3, -0.25) is 5.10 Å². The Balaban J connectivity index is 1.30. The van der Waals surface area contributed by atoms with Gasteiger partial charge in [-0.25, -0.2) is 4.98 Å². The van der Waals surface area contributed by atoms with Crippen LogP contribution in [0.4, 0.5) is 0 Å². The van der Waals surface area contributed by atoms with Gasteiger partial charge in [-0.1, -0.05) is 42.1 Å². The molecule has 1 saturated heterocycles. The van der Waals surface area contributed by atoms with Crippen molar-refractivity contribution in [3.63, 3.8) is 0 Å². The first-order chi connectivity index (χ1) is 10.9. The van der Waals surface area contributed by atoms with Crippen LogP contribution < -0.4 is 0 Å². The highest BCUT2D eigenvalue weighted by Gasteiger charge is 2.18. The van der Waals surface area contributed by atoms with Crippen molar-refractivity contribution in [1.29, 1.82) is 0 Å². The Morgan fingerprint density at radius 2 is 2.00 bits per heavy atom. The van der Waals surface area contributed by atoms with Crippen LogP contribution in [0, 0.1) is 5.92 Å².